The zero-order valence-corrected chi connectivity index (χ0v) is 31.7. The molecule has 0 saturated carbocycles. The minimum Gasteiger partial charge on any atom is -0.463 e. The highest BCUT2D eigenvalue weighted by Crippen LogP contribution is 2.34. The number of urea groups is 2. The first-order chi connectivity index (χ1) is 26.7. The van der Waals surface area contributed by atoms with Gasteiger partial charge in [-0.05, 0) is 106 Å². The Morgan fingerprint density at radius 2 is 1.29 bits per heavy atom. The molecule has 0 spiro atoms. The molecule has 3 aromatic rings. The van der Waals surface area contributed by atoms with Crippen molar-refractivity contribution in [2.45, 2.75) is 57.8 Å². The molecular weight excluding hydrogens is 749 g/mol. The third-order valence-electron chi connectivity index (χ3n) is 9.78. The maximum absolute atomic E-state index is 15.6. The van der Waals surface area contributed by atoms with E-state index in [1.165, 1.54) is 36.6 Å². The Labute approximate surface area is 329 Å². The van der Waals surface area contributed by atoms with Crippen molar-refractivity contribution in [3.8, 4) is 0 Å². The van der Waals surface area contributed by atoms with Gasteiger partial charge >= 0.3 is 12.1 Å². The summed E-state index contributed by atoms with van der Waals surface area (Å²) in [5.41, 5.74) is 2.27. The smallest absolute Gasteiger partial charge is 0.348 e. The van der Waals surface area contributed by atoms with Crippen LogP contribution in [0.2, 0.25) is 10.0 Å². The Balaban J connectivity index is 1.23. The number of anilines is 5. The van der Waals surface area contributed by atoms with E-state index in [2.05, 4.69) is 16.7 Å². The largest absolute Gasteiger partial charge is 0.463 e. The SMILES string of the molecule is O=C(Nc1ccc(N2CCCCC2)c(F)c1)N(C1=COC=C(CC2=CC=CCC2)O1)N(C(=O)Nc1ccc(N2CCCCC2)c(F)c1)c1cc(Cl)cc(Cl)c1. The number of carbonyl (C=O) groups excluding carboxylic acids is 2. The first-order valence-electron chi connectivity index (χ1n) is 18.6. The Hall–Kier alpha value is -5.20. The molecule has 0 unspecified atom stereocenters. The topological polar surface area (TPSA) is 89.6 Å². The van der Waals surface area contributed by atoms with Crippen molar-refractivity contribution in [3.63, 3.8) is 0 Å². The number of allylic oxidation sites excluding steroid dienone is 4. The first kappa shape index (κ1) is 38.1. The van der Waals surface area contributed by atoms with E-state index in [0.29, 0.717) is 23.6 Å². The van der Waals surface area contributed by atoms with Gasteiger partial charge in [0, 0.05) is 54.0 Å². The molecule has 2 saturated heterocycles. The molecule has 4 aliphatic rings. The predicted octanol–water partition coefficient (Wildman–Crippen LogP) is 11.1. The summed E-state index contributed by atoms with van der Waals surface area (Å²) in [6.07, 6.45) is 16.7. The Morgan fingerprint density at radius 1 is 0.727 bits per heavy atom. The molecular formula is C41H42Cl2F2N6O4. The van der Waals surface area contributed by atoms with E-state index in [1.54, 1.807) is 24.3 Å². The van der Waals surface area contributed by atoms with E-state index in [4.69, 9.17) is 32.7 Å². The highest BCUT2D eigenvalue weighted by atomic mass is 35.5. The maximum Gasteiger partial charge on any atom is 0.348 e. The van der Waals surface area contributed by atoms with Gasteiger partial charge in [-0.3, -0.25) is 0 Å². The van der Waals surface area contributed by atoms with Crippen LogP contribution >= 0.6 is 23.2 Å². The van der Waals surface area contributed by atoms with Crippen LogP contribution in [0.1, 0.15) is 57.8 Å². The summed E-state index contributed by atoms with van der Waals surface area (Å²) in [7, 11) is 0. The highest BCUT2D eigenvalue weighted by molar-refractivity contribution is 6.35. The van der Waals surface area contributed by atoms with E-state index in [1.807, 2.05) is 22.0 Å². The minimum absolute atomic E-state index is 0.0583. The Kier molecular flexibility index (Phi) is 12.1. The summed E-state index contributed by atoms with van der Waals surface area (Å²) >= 11 is 12.9. The highest BCUT2D eigenvalue weighted by Gasteiger charge is 2.35. The normalized spacial score (nSPS) is 16.9. The molecule has 4 amide bonds. The fraction of sp³-hybridized carbons (Fsp3) is 0.317. The quantitative estimate of drug-likeness (QED) is 0.221. The van der Waals surface area contributed by atoms with Crippen molar-refractivity contribution < 1.29 is 27.8 Å². The number of benzene rings is 3. The number of hydrazine groups is 1. The van der Waals surface area contributed by atoms with E-state index in [-0.39, 0.29) is 33.0 Å². The number of nitrogens with zero attached hydrogens (tertiary/aromatic N) is 4. The molecule has 0 bridgehead atoms. The Morgan fingerprint density at radius 3 is 1.82 bits per heavy atom. The third kappa shape index (κ3) is 9.37. The zero-order valence-electron chi connectivity index (χ0n) is 30.2. The van der Waals surface area contributed by atoms with Gasteiger partial charge in [0.25, 0.3) is 5.88 Å². The molecule has 288 valence electrons. The van der Waals surface area contributed by atoms with Gasteiger partial charge in [0.2, 0.25) is 0 Å². The predicted molar refractivity (Wildman–Crippen MR) is 213 cm³/mol. The lowest BCUT2D eigenvalue weighted by atomic mass is 10.0. The molecule has 2 fully saturated rings. The van der Waals surface area contributed by atoms with Crippen LogP contribution < -0.4 is 25.4 Å². The summed E-state index contributed by atoms with van der Waals surface area (Å²) in [5, 5.41) is 7.61. The van der Waals surface area contributed by atoms with Gasteiger partial charge in [0.1, 0.15) is 23.7 Å². The van der Waals surface area contributed by atoms with Crippen LogP contribution in [-0.4, -0.2) is 43.3 Å². The summed E-state index contributed by atoms with van der Waals surface area (Å²) < 4.78 is 43.1. The van der Waals surface area contributed by atoms with Gasteiger partial charge in [-0.1, -0.05) is 47.0 Å². The lowest BCUT2D eigenvalue weighted by molar-refractivity contribution is 0.129. The van der Waals surface area contributed by atoms with Crippen molar-refractivity contribution in [2.75, 3.05) is 51.6 Å². The van der Waals surface area contributed by atoms with Crippen LogP contribution in [0, 0.1) is 11.6 Å². The molecule has 0 aromatic heterocycles. The molecule has 0 atom stereocenters. The minimum atomic E-state index is -0.918. The molecule has 7 rings (SSSR count). The van der Waals surface area contributed by atoms with E-state index >= 15 is 8.78 Å². The van der Waals surface area contributed by atoms with Gasteiger partial charge in [-0.25, -0.2) is 18.4 Å². The monoisotopic (exact) mass is 790 g/mol. The van der Waals surface area contributed by atoms with E-state index in [9.17, 15) is 9.59 Å². The second-order valence-electron chi connectivity index (χ2n) is 13.8. The second-order valence-corrected chi connectivity index (χ2v) is 14.7. The number of piperidine rings is 2. The molecule has 0 radical (unpaired) electrons. The molecule has 2 N–H and O–H groups in total. The lowest BCUT2D eigenvalue weighted by Gasteiger charge is -2.36. The molecule has 1 aliphatic carbocycles. The van der Waals surface area contributed by atoms with Gasteiger partial charge < -0.3 is 29.9 Å². The summed E-state index contributed by atoms with van der Waals surface area (Å²) in [5.74, 6) is -0.845. The van der Waals surface area contributed by atoms with Crippen molar-refractivity contribution >= 4 is 63.7 Å². The number of nitrogens with one attached hydrogen (secondary N) is 2. The number of hydrogen-bond donors (Lipinski definition) is 2. The summed E-state index contributed by atoms with van der Waals surface area (Å²) in [4.78, 5) is 33.0. The lowest BCUT2D eigenvalue weighted by Crippen LogP contribution is -2.53. The van der Waals surface area contributed by atoms with Gasteiger partial charge in [0.15, 0.2) is 6.26 Å². The van der Waals surface area contributed by atoms with Crippen LogP contribution in [0.5, 0.6) is 0 Å². The standard InChI is InChI=1S/C41H42Cl2F2N6O4/c42-29-21-30(43)23-33(22-29)50(40(52)46-31-12-14-37(35(44)24-31)48-16-6-2-7-17-48)51(39-27-54-26-34(55-39)20-28-10-4-1-5-11-28)41(53)47-32-13-15-38(36(45)25-32)49-18-8-3-9-19-49/h1,4,10,12-15,21-27H,2-3,5-9,11,16-20H2,(H,46,52)(H,47,53). The molecule has 14 heteroatoms. The fourth-order valence-corrected chi connectivity index (χ4v) is 7.64. The molecule has 3 heterocycles. The maximum atomic E-state index is 15.6. The molecule has 3 aromatic carbocycles. The van der Waals surface area contributed by atoms with Gasteiger partial charge in [0.05, 0.1) is 17.1 Å². The fourth-order valence-electron chi connectivity index (χ4n) is 7.12. The van der Waals surface area contributed by atoms with Crippen LogP contribution in [0.3, 0.4) is 0 Å². The van der Waals surface area contributed by atoms with Crippen LogP contribution in [0.25, 0.3) is 0 Å². The van der Waals surface area contributed by atoms with Crippen molar-refractivity contribution in [3.05, 3.63) is 124 Å². The number of hydrogen-bond acceptors (Lipinski definition) is 6. The zero-order chi connectivity index (χ0) is 38.3. The second kappa shape index (κ2) is 17.5. The van der Waals surface area contributed by atoms with Crippen molar-refractivity contribution in [2.24, 2.45) is 0 Å². The van der Waals surface area contributed by atoms with Crippen LogP contribution in [0.4, 0.5) is 46.8 Å². The molecule has 10 nitrogen and oxygen atoms in total. The summed E-state index contributed by atoms with van der Waals surface area (Å²) in [6, 6.07) is 11.4. The first-order valence-corrected chi connectivity index (χ1v) is 19.3. The number of ether oxygens (including phenoxy) is 2. The number of halogens is 4. The van der Waals surface area contributed by atoms with Gasteiger partial charge in [-0.15, -0.1) is 0 Å². The number of rotatable bonds is 8. The van der Waals surface area contributed by atoms with Crippen molar-refractivity contribution in [1.29, 1.82) is 0 Å². The molecule has 3 aliphatic heterocycles. The number of amides is 4. The average molecular weight is 792 g/mol. The van der Waals surface area contributed by atoms with Crippen LogP contribution in [-0.2, 0) is 9.47 Å². The third-order valence-corrected chi connectivity index (χ3v) is 10.2. The average Bonchev–Trinajstić information content (AvgIpc) is 3.17. The summed E-state index contributed by atoms with van der Waals surface area (Å²) in [6.45, 7) is 2.95. The van der Waals surface area contributed by atoms with Gasteiger partial charge in [-0.2, -0.15) is 10.0 Å². The van der Waals surface area contributed by atoms with E-state index < -0.39 is 23.7 Å². The Bertz CT molecular complexity index is 2020. The van der Waals surface area contributed by atoms with E-state index in [0.717, 1.165) is 99.4 Å². The van der Waals surface area contributed by atoms with Crippen LogP contribution in [0.15, 0.2) is 103 Å². The number of carbonyl (C=O) groups is 2. The molecule has 55 heavy (non-hydrogen) atoms. The van der Waals surface area contributed by atoms with Crippen molar-refractivity contribution in [1.82, 2.24) is 5.01 Å².